The third-order valence-electron chi connectivity index (χ3n) is 3.46. The lowest BCUT2D eigenvalue weighted by molar-refractivity contribution is 0.0474. The Bertz CT molecular complexity index is 811. The number of nitrogens with one attached hydrogen (secondary N) is 1. The number of hydrogen-bond donors (Lipinski definition) is 1. The number of ether oxygens (including phenoxy) is 1. The van der Waals surface area contributed by atoms with Gasteiger partial charge in [0.05, 0.1) is 17.5 Å². The fourth-order valence-electron chi connectivity index (χ4n) is 2.18. The Balaban J connectivity index is 2.07. The Hall–Kier alpha value is -2.34. The highest BCUT2D eigenvalue weighted by Crippen LogP contribution is 2.19. The average molecular weight is 347 g/mol. The van der Waals surface area contributed by atoms with Crippen LogP contribution in [0.4, 0.5) is 5.69 Å². The van der Waals surface area contributed by atoms with Gasteiger partial charge >= 0.3 is 5.97 Å². The number of carbonyl (C=O) groups is 1. The zero-order valence-electron chi connectivity index (χ0n) is 13.9. The predicted octanol–water partition coefficient (Wildman–Crippen LogP) is 3.54. The van der Waals surface area contributed by atoms with Crippen LogP contribution in [-0.2, 0) is 21.4 Å². The number of anilines is 1. The summed E-state index contributed by atoms with van der Waals surface area (Å²) in [7, 11) is -3.47. The van der Waals surface area contributed by atoms with E-state index in [9.17, 15) is 13.2 Å². The summed E-state index contributed by atoms with van der Waals surface area (Å²) in [5.74, 6) is -0.134. The molecule has 24 heavy (non-hydrogen) atoms. The van der Waals surface area contributed by atoms with Crippen molar-refractivity contribution in [3.05, 3.63) is 65.2 Å². The van der Waals surface area contributed by atoms with Crippen molar-refractivity contribution < 1.29 is 17.9 Å². The zero-order valence-corrected chi connectivity index (χ0v) is 14.8. The second-order valence-electron chi connectivity index (χ2n) is 5.89. The Morgan fingerprint density at radius 3 is 2.29 bits per heavy atom. The van der Waals surface area contributed by atoms with E-state index in [0.29, 0.717) is 5.92 Å². The van der Waals surface area contributed by atoms with Crippen LogP contribution < -0.4 is 4.72 Å². The van der Waals surface area contributed by atoms with Gasteiger partial charge in [-0.25, -0.2) is 13.2 Å². The first-order valence-corrected chi connectivity index (χ1v) is 9.48. The van der Waals surface area contributed by atoms with Crippen molar-refractivity contribution in [2.45, 2.75) is 26.4 Å². The van der Waals surface area contributed by atoms with Gasteiger partial charge in [0.25, 0.3) is 0 Å². The van der Waals surface area contributed by atoms with E-state index in [1.165, 1.54) is 17.7 Å². The SMILES string of the molecule is CC(C)c1ccc(COC(=O)c2ccccc2NS(C)(=O)=O)cc1. The minimum atomic E-state index is -3.47. The zero-order chi connectivity index (χ0) is 17.7. The maximum atomic E-state index is 12.2. The molecule has 2 rings (SSSR count). The van der Waals surface area contributed by atoms with Gasteiger partial charge in [-0.1, -0.05) is 50.2 Å². The van der Waals surface area contributed by atoms with Crippen molar-refractivity contribution in [3.63, 3.8) is 0 Å². The van der Waals surface area contributed by atoms with Gasteiger partial charge in [-0.3, -0.25) is 4.72 Å². The molecule has 0 radical (unpaired) electrons. The summed E-state index contributed by atoms with van der Waals surface area (Å²) in [6.45, 7) is 4.35. The topological polar surface area (TPSA) is 72.5 Å². The van der Waals surface area contributed by atoms with E-state index in [4.69, 9.17) is 4.74 Å². The molecule has 0 unspecified atom stereocenters. The minimum absolute atomic E-state index is 0.129. The molecule has 0 bridgehead atoms. The van der Waals surface area contributed by atoms with E-state index in [0.717, 1.165) is 11.8 Å². The van der Waals surface area contributed by atoms with Gasteiger partial charge in [-0.05, 0) is 29.2 Å². The fourth-order valence-corrected chi connectivity index (χ4v) is 2.75. The number of rotatable bonds is 6. The molecule has 2 aromatic rings. The smallest absolute Gasteiger partial charge is 0.340 e. The van der Waals surface area contributed by atoms with Gasteiger partial charge in [0.2, 0.25) is 10.0 Å². The van der Waals surface area contributed by atoms with E-state index in [1.807, 2.05) is 24.3 Å². The van der Waals surface area contributed by atoms with Crippen LogP contribution in [-0.4, -0.2) is 20.6 Å². The van der Waals surface area contributed by atoms with Crippen molar-refractivity contribution in [2.75, 3.05) is 11.0 Å². The Labute approximate surface area is 142 Å². The lowest BCUT2D eigenvalue weighted by Gasteiger charge is -2.11. The first-order chi connectivity index (χ1) is 11.3. The van der Waals surface area contributed by atoms with Gasteiger partial charge in [0, 0.05) is 0 Å². The molecular weight excluding hydrogens is 326 g/mol. The minimum Gasteiger partial charge on any atom is -0.457 e. The summed E-state index contributed by atoms with van der Waals surface area (Å²) < 4.78 is 30.4. The first kappa shape index (κ1) is 18.0. The Kier molecular flexibility index (Phi) is 5.62. The average Bonchev–Trinajstić information content (AvgIpc) is 2.52. The van der Waals surface area contributed by atoms with Crippen LogP contribution in [0.25, 0.3) is 0 Å². The number of esters is 1. The quantitative estimate of drug-likeness (QED) is 0.811. The maximum Gasteiger partial charge on any atom is 0.340 e. The Morgan fingerprint density at radius 2 is 1.71 bits per heavy atom. The standard InChI is InChI=1S/C18H21NO4S/c1-13(2)15-10-8-14(9-11-15)12-23-18(20)16-6-4-5-7-17(16)19-24(3,21)22/h4-11,13,19H,12H2,1-3H3. The summed E-state index contributed by atoms with van der Waals surface area (Å²) in [6.07, 6.45) is 1.03. The number of hydrogen-bond acceptors (Lipinski definition) is 4. The van der Waals surface area contributed by atoms with Crippen LogP contribution in [0.5, 0.6) is 0 Å². The van der Waals surface area contributed by atoms with Gasteiger partial charge in [-0.15, -0.1) is 0 Å². The number of benzene rings is 2. The van der Waals surface area contributed by atoms with Crippen molar-refractivity contribution in [1.29, 1.82) is 0 Å². The largest absolute Gasteiger partial charge is 0.457 e. The van der Waals surface area contributed by atoms with Crippen LogP contribution in [0.1, 0.15) is 41.3 Å². The van der Waals surface area contributed by atoms with Crippen LogP contribution in [0.15, 0.2) is 48.5 Å². The summed E-state index contributed by atoms with van der Waals surface area (Å²) >= 11 is 0. The van der Waals surface area contributed by atoms with Gasteiger partial charge < -0.3 is 4.74 Å². The molecule has 0 saturated heterocycles. The predicted molar refractivity (Wildman–Crippen MR) is 94.6 cm³/mol. The Morgan fingerprint density at radius 1 is 1.08 bits per heavy atom. The summed E-state index contributed by atoms with van der Waals surface area (Å²) in [6, 6.07) is 14.2. The van der Waals surface area contributed by atoms with E-state index in [2.05, 4.69) is 18.6 Å². The molecule has 0 fully saturated rings. The van der Waals surface area contributed by atoms with E-state index >= 15 is 0 Å². The maximum absolute atomic E-state index is 12.2. The molecule has 0 aromatic heterocycles. The number of sulfonamides is 1. The second-order valence-corrected chi connectivity index (χ2v) is 7.64. The molecule has 0 aliphatic carbocycles. The van der Waals surface area contributed by atoms with Crippen molar-refractivity contribution in [1.82, 2.24) is 0 Å². The molecule has 0 amide bonds. The molecular formula is C18H21NO4S. The van der Waals surface area contributed by atoms with Crippen LogP contribution in [0.2, 0.25) is 0 Å². The fraction of sp³-hybridized carbons (Fsp3) is 0.278. The molecule has 5 nitrogen and oxygen atoms in total. The monoisotopic (exact) mass is 347 g/mol. The first-order valence-electron chi connectivity index (χ1n) is 7.59. The van der Waals surface area contributed by atoms with Crippen molar-refractivity contribution in [2.24, 2.45) is 0 Å². The lowest BCUT2D eigenvalue weighted by Crippen LogP contribution is -2.14. The highest BCUT2D eigenvalue weighted by atomic mass is 32.2. The third kappa shape index (κ3) is 5.09. The molecule has 6 heteroatoms. The van der Waals surface area contributed by atoms with Gasteiger partial charge in [-0.2, -0.15) is 0 Å². The normalized spacial score (nSPS) is 11.3. The highest BCUT2D eigenvalue weighted by molar-refractivity contribution is 7.92. The molecule has 128 valence electrons. The molecule has 0 atom stereocenters. The van der Waals surface area contributed by atoms with Gasteiger partial charge in [0.15, 0.2) is 0 Å². The molecule has 0 saturated carbocycles. The molecule has 1 N–H and O–H groups in total. The summed E-state index contributed by atoms with van der Waals surface area (Å²) in [4.78, 5) is 12.2. The molecule has 0 spiro atoms. The van der Waals surface area contributed by atoms with E-state index in [1.54, 1.807) is 12.1 Å². The number of para-hydroxylation sites is 1. The second kappa shape index (κ2) is 7.49. The summed E-state index contributed by atoms with van der Waals surface area (Å²) in [5.41, 5.74) is 2.48. The van der Waals surface area contributed by atoms with Crippen LogP contribution >= 0.6 is 0 Å². The van der Waals surface area contributed by atoms with Crippen LogP contribution in [0, 0.1) is 0 Å². The van der Waals surface area contributed by atoms with E-state index in [-0.39, 0.29) is 17.9 Å². The molecule has 0 heterocycles. The molecule has 2 aromatic carbocycles. The summed E-state index contributed by atoms with van der Waals surface area (Å²) in [5, 5.41) is 0. The number of carbonyl (C=O) groups excluding carboxylic acids is 1. The molecule has 0 aliphatic heterocycles. The molecule has 0 aliphatic rings. The van der Waals surface area contributed by atoms with Crippen LogP contribution in [0.3, 0.4) is 0 Å². The highest BCUT2D eigenvalue weighted by Gasteiger charge is 2.15. The van der Waals surface area contributed by atoms with Crippen molar-refractivity contribution in [3.8, 4) is 0 Å². The van der Waals surface area contributed by atoms with Crippen molar-refractivity contribution >= 4 is 21.7 Å². The van der Waals surface area contributed by atoms with E-state index < -0.39 is 16.0 Å². The lowest BCUT2D eigenvalue weighted by atomic mass is 10.0. The third-order valence-corrected chi connectivity index (χ3v) is 4.05. The van der Waals surface area contributed by atoms with Gasteiger partial charge in [0.1, 0.15) is 6.61 Å².